The lowest BCUT2D eigenvalue weighted by Crippen LogP contribution is -2.24. The van der Waals surface area contributed by atoms with Crippen molar-refractivity contribution in [1.29, 1.82) is 5.53 Å². The van der Waals surface area contributed by atoms with Crippen molar-refractivity contribution in [2.45, 2.75) is 19.0 Å². The van der Waals surface area contributed by atoms with Gasteiger partial charge in [0.05, 0.1) is 6.54 Å². The summed E-state index contributed by atoms with van der Waals surface area (Å²) in [5.74, 6) is -0.491. The Bertz CT molecular complexity index is 566. The Hall–Kier alpha value is -1.92. The van der Waals surface area contributed by atoms with E-state index in [0.717, 1.165) is 21.3 Å². The third kappa shape index (κ3) is 2.34. The first-order chi connectivity index (χ1) is 8.65. The summed E-state index contributed by atoms with van der Waals surface area (Å²) in [7, 11) is 0. The highest BCUT2D eigenvalue weighted by Gasteiger charge is 2.28. The Balaban J connectivity index is 2.29. The average molecular weight is 309 g/mol. The lowest BCUT2D eigenvalue weighted by molar-refractivity contribution is -0.119. The molecule has 1 unspecified atom stereocenters. The maximum Gasteiger partial charge on any atom is 0.286 e. The van der Waals surface area contributed by atoms with E-state index in [4.69, 9.17) is 11.1 Å². The van der Waals surface area contributed by atoms with Crippen LogP contribution in [0.15, 0.2) is 26.8 Å². The van der Waals surface area contributed by atoms with E-state index in [-0.39, 0.29) is 6.54 Å². The number of hydrogen-bond acceptors (Lipinski definition) is 4. The number of carbonyl (C=O) groups excluding carboxylic acids is 1. The largest absolute Gasteiger partial charge is 0.373 e. The minimum absolute atomic E-state index is 0.255. The third-order valence-electron chi connectivity index (χ3n) is 2.72. The number of benzene rings is 1. The Morgan fingerprint density at radius 2 is 2.44 bits per heavy atom. The summed E-state index contributed by atoms with van der Waals surface area (Å²) < 4.78 is 0.857. The number of hydrogen-bond donors (Lipinski definition) is 2. The molecule has 0 aromatic heterocycles. The van der Waals surface area contributed by atoms with Crippen LogP contribution in [0.25, 0.3) is 10.4 Å². The molecule has 0 saturated carbocycles. The molecule has 0 bridgehead atoms. The molecule has 0 spiro atoms. The molecule has 7 nitrogen and oxygen atoms in total. The monoisotopic (exact) mass is 308 g/mol. The quantitative estimate of drug-likeness (QED) is 0.507. The maximum atomic E-state index is 11.4. The lowest BCUT2D eigenvalue weighted by Gasteiger charge is -2.06. The van der Waals surface area contributed by atoms with Crippen molar-refractivity contribution < 1.29 is 4.79 Å². The van der Waals surface area contributed by atoms with E-state index >= 15 is 0 Å². The second-order valence-corrected chi connectivity index (χ2v) is 4.70. The standard InChI is InChI=1S/C10H9BrN6O/c11-7-1-5(4-14-17-13)2-8-6(7)3-9(15-8)10(18)16-12/h1-2,9,12,15H,3-4H2. The van der Waals surface area contributed by atoms with Gasteiger partial charge in [-0.2, -0.15) is 0 Å². The topological polar surface area (TPSA) is 114 Å². The zero-order valence-corrected chi connectivity index (χ0v) is 10.8. The molecule has 0 saturated heterocycles. The molecule has 0 aliphatic carbocycles. The summed E-state index contributed by atoms with van der Waals surface area (Å²) in [6, 6.07) is 3.22. The minimum atomic E-state index is -0.491. The van der Waals surface area contributed by atoms with Gasteiger partial charge >= 0.3 is 0 Å². The molecule has 2 N–H and O–H groups in total. The van der Waals surface area contributed by atoms with Crippen molar-refractivity contribution >= 4 is 27.5 Å². The van der Waals surface area contributed by atoms with Gasteiger partial charge in [0.2, 0.25) is 0 Å². The molecule has 8 heteroatoms. The van der Waals surface area contributed by atoms with E-state index in [1.54, 1.807) is 0 Å². The second kappa shape index (κ2) is 5.16. The highest BCUT2D eigenvalue weighted by molar-refractivity contribution is 9.10. The number of halogens is 1. The number of azide groups is 1. The predicted octanol–water partition coefficient (Wildman–Crippen LogP) is 3.15. The average Bonchev–Trinajstić information content (AvgIpc) is 2.79. The first-order valence-electron chi connectivity index (χ1n) is 5.15. The van der Waals surface area contributed by atoms with Gasteiger partial charge in [0.1, 0.15) is 6.04 Å². The van der Waals surface area contributed by atoms with E-state index in [9.17, 15) is 4.79 Å². The van der Waals surface area contributed by atoms with Gasteiger partial charge in [-0.3, -0.25) is 4.79 Å². The molecule has 1 heterocycles. The summed E-state index contributed by atoms with van der Waals surface area (Å²) in [6.07, 6.45) is 0.499. The van der Waals surface area contributed by atoms with Crippen LogP contribution in [0.1, 0.15) is 11.1 Å². The van der Waals surface area contributed by atoms with Crippen molar-refractivity contribution in [2.75, 3.05) is 5.32 Å². The summed E-state index contributed by atoms with van der Waals surface area (Å²) in [5.41, 5.74) is 17.7. The zero-order valence-electron chi connectivity index (χ0n) is 9.22. The second-order valence-electron chi connectivity index (χ2n) is 3.84. The molecule has 1 aliphatic heterocycles. The fourth-order valence-corrected chi connectivity index (χ4v) is 2.57. The molecule has 0 fully saturated rings. The Labute approximate surface area is 111 Å². The first kappa shape index (κ1) is 12.5. The summed E-state index contributed by atoms with van der Waals surface area (Å²) in [6.45, 7) is 0.255. The van der Waals surface area contributed by atoms with Gasteiger partial charge in [0, 0.05) is 21.5 Å². The normalized spacial score (nSPS) is 16.4. The molecule has 0 radical (unpaired) electrons. The first-order valence-corrected chi connectivity index (χ1v) is 5.95. The summed E-state index contributed by atoms with van der Waals surface area (Å²) >= 11 is 3.43. The van der Waals surface area contributed by atoms with Crippen LogP contribution >= 0.6 is 15.9 Å². The van der Waals surface area contributed by atoms with E-state index in [0.29, 0.717) is 6.42 Å². The van der Waals surface area contributed by atoms with Gasteiger partial charge in [-0.15, -0.1) is 5.11 Å². The number of fused-ring (bicyclic) bond motifs is 1. The number of nitrogens with zero attached hydrogens (tertiary/aromatic N) is 4. The van der Waals surface area contributed by atoms with Gasteiger partial charge in [0.15, 0.2) is 0 Å². The van der Waals surface area contributed by atoms with Crippen molar-refractivity contribution in [3.8, 4) is 0 Å². The highest BCUT2D eigenvalue weighted by Crippen LogP contribution is 2.34. The molecule has 2 rings (SSSR count). The number of amides is 1. The third-order valence-corrected chi connectivity index (χ3v) is 3.43. The molecule has 18 heavy (non-hydrogen) atoms. The summed E-state index contributed by atoms with van der Waals surface area (Å²) in [5, 5.41) is 9.43. The number of nitrogens with one attached hydrogen (secondary N) is 2. The van der Waals surface area contributed by atoms with Gasteiger partial charge in [-0.1, -0.05) is 21.0 Å². The van der Waals surface area contributed by atoms with Gasteiger partial charge in [0.25, 0.3) is 5.91 Å². The van der Waals surface area contributed by atoms with E-state index in [2.05, 4.69) is 36.4 Å². The Kier molecular flexibility index (Phi) is 3.59. The lowest BCUT2D eigenvalue weighted by atomic mass is 10.1. The molecule has 1 amide bonds. The maximum absolute atomic E-state index is 11.4. The van der Waals surface area contributed by atoms with E-state index in [1.165, 1.54) is 0 Å². The van der Waals surface area contributed by atoms with Gasteiger partial charge in [-0.25, -0.2) is 5.53 Å². The summed E-state index contributed by atoms with van der Waals surface area (Å²) in [4.78, 5) is 14.1. The van der Waals surface area contributed by atoms with Crippen LogP contribution in [-0.4, -0.2) is 11.9 Å². The molecule has 92 valence electrons. The van der Waals surface area contributed by atoms with E-state index < -0.39 is 11.9 Å². The molecule has 1 aromatic carbocycles. The fraction of sp³-hybridized carbons (Fsp3) is 0.300. The van der Waals surface area contributed by atoms with Crippen molar-refractivity contribution in [1.82, 2.24) is 0 Å². The zero-order chi connectivity index (χ0) is 13.1. The van der Waals surface area contributed by atoms with Gasteiger partial charge < -0.3 is 5.32 Å². The van der Waals surface area contributed by atoms with Crippen LogP contribution in [0.5, 0.6) is 0 Å². The molecule has 1 atom stereocenters. The smallest absolute Gasteiger partial charge is 0.286 e. The number of anilines is 1. The molecular formula is C10H9BrN6O. The van der Waals surface area contributed by atoms with Gasteiger partial charge in [-0.05, 0) is 28.8 Å². The molecule has 1 aliphatic rings. The Morgan fingerprint density at radius 1 is 1.67 bits per heavy atom. The number of carbonyl (C=O) groups is 1. The molecular weight excluding hydrogens is 300 g/mol. The van der Waals surface area contributed by atoms with Crippen LogP contribution < -0.4 is 5.32 Å². The van der Waals surface area contributed by atoms with Crippen molar-refractivity contribution in [3.05, 3.63) is 38.2 Å². The van der Waals surface area contributed by atoms with Crippen LogP contribution in [0, 0.1) is 5.53 Å². The molecule has 1 aromatic rings. The van der Waals surface area contributed by atoms with Crippen LogP contribution in [0.4, 0.5) is 5.69 Å². The van der Waals surface area contributed by atoms with Crippen LogP contribution in [-0.2, 0) is 17.8 Å². The predicted molar refractivity (Wildman–Crippen MR) is 68.3 cm³/mol. The highest BCUT2D eigenvalue weighted by atomic mass is 79.9. The SMILES string of the molecule is [N-]=[N+]=NCc1cc(Br)c2c(c1)NC(C(=O)N=N)C2. The van der Waals surface area contributed by atoms with E-state index in [1.807, 2.05) is 12.1 Å². The van der Waals surface area contributed by atoms with Crippen LogP contribution in [0.2, 0.25) is 0 Å². The van der Waals surface area contributed by atoms with Crippen molar-refractivity contribution in [2.24, 2.45) is 10.2 Å². The minimum Gasteiger partial charge on any atom is -0.373 e. The van der Waals surface area contributed by atoms with Crippen LogP contribution in [0.3, 0.4) is 0 Å². The Morgan fingerprint density at radius 3 is 3.11 bits per heavy atom. The van der Waals surface area contributed by atoms with Crippen molar-refractivity contribution in [3.63, 3.8) is 0 Å². The fourth-order valence-electron chi connectivity index (χ4n) is 1.90. The number of rotatable bonds is 3.